The standard InChI is InChI=1S/C15H26N4O2/c1-15(2)6-4-8-18(10-7-15)14(20)16-13-5-9-19(17-13)11-12-21-3/h5,9H,4,6-8,10-12H2,1-3H3,(H,16,17,20). The minimum absolute atomic E-state index is 0.0512. The van der Waals surface area contributed by atoms with Gasteiger partial charge in [0.2, 0.25) is 0 Å². The Morgan fingerprint density at radius 1 is 1.43 bits per heavy atom. The molecule has 1 N–H and O–H groups in total. The van der Waals surface area contributed by atoms with Gasteiger partial charge < -0.3 is 9.64 Å². The lowest BCUT2D eigenvalue weighted by molar-refractivity contribution is 0.183. The van der Waals surface area contributed by atoms with Crippen LogP contribution in [-0.2, 0) is 11.3 Å². The Hall–Kier alpha value is -1.56. The Balaban J connectivity index is 1.87. The van der Waals surface area contributed by atoms with Gasteiger partial charge in [-0.1, -0.05) is 13.8 Å². The lowest BCUT2D eigenvalue weighted by Gasteiger charge is -2.23. The number of nitrogens with zero attached hydrogens (tertiary/aromatic N) is 3. The Labute approximate surface area is 126 Å². The molecule has 2 amide bonds. The topological polar surface area (TPSA) is 59.4 Å². The molecule has 0 saturated carbocycles. The zero-order valence-electron chi connectivity index (χ0n) is 13.3. The summed E-state index contributed by atoms with van der Waals surface area (Å²) in [7, 11) is 1.66. The van der Waals surface area contributed by atoms with Crippen LogP contribution in [0.5, 0.6) is 0 Å². The molecule has 1 aromatic rings. The van der Waals surface area contributed by atoms with E-state index in [0.717, 1.165) is 25.9 Å². The summed E-state index contributed by atoms with van der Waals surface area (Å²) in [5.41, 5.74) is 0.330. The number of aromatic nitrogens is 2. The van der Waals surface area contributed by atoms with Crippen LogP contribution in [0, 0.1) is 5.41 Å². The Kier molecular flexibility index (Phi) is 5.22. The summed E-state index contributed by atoms with van der Waals surface area (Å²) in [6, 6.07) is 1.76. The summed E-state index contributed by atoms with van der Waals surface area (Å²) >= 11 is 0. The third-order valence-electron chi connectivity index (χ3n) is 4.03. The molecule has 0 atom stereocenters. The van der Waals surface area contributed by atoms with Gasteiger partial charge in [-0.15, -0.1) is 0 Å². The molecule has 0 unspecified atom stereocenters. The van der Waals surface area contributed by atoms with Crippen LogP contribution in [0.3, 0.4) is 0 Å². The van der Waals surface area contributed by atoms with Crippen LogP contribution in [0.25, 0.3) is 0 Å². The Morgan fingerprint density at radius 3 is 3.00 bits per heavy atom. The van der Waals surface area contributed by atoms with Crippen LogP contribution in [-0.4, -0.2) is 47.5 Å². The highest BCUT2D eigenvalue weighted by molar-refractivity contribution is 5.88. The first-order valence-electron chi connectivity index (χ1n) is 7.58. The minimum atomic E-state index is -0.0512. The van der Waals surface area contributed by atoms with Crippen molar-refractivity contribution in [3.05, 3.63) is 12.3 Å². The van der Waals surface area contributed by atoms with Crippen LogP contribution in [0.1, 0.15) is 33.1 Å². The Bertz CT molecular complexity index is 470. The smallest absolute Gasteiger partial charge is 0.323 e. The second-order valence-electron chi connectivity index (χ2n) is 6.39. The predicted octanol–water partition coefficient (Wildman–Crippen LogP) is 2.57. The molecule has 6 heteroatoms. The van der Waals surface area contributed by atoms with Gasteiger partial charge in [-0.3, -0.25) is 10.00 Å². The minimum Gasteiger partial charge on any atom is -0.383 e. The second-order valence-corrected chi connectivity index (χ2v) is 6.39. The normalized spacial score (nSPS) is 18.3. The molecule has 1 aromatic heterocycles. The summed E-state index contributed by atoms with van der Waals surface area (Å²) in [4.78, 5) is 14.2. The molecule has 2 rings (SSSR count). The SMILES string of the molecule is COCCn1ccc(NC(=O)N2CCCC(C)(C)CC2)n1. The van der Waals surface area contributed by atoms with E-state index < -0.39 is 0 Å². The lowest BCUT2D eigenvalue weighted by atomic mass is 9.85. The van der Waals surface area contributed by atoms with E-state index in [1.807, 2.05) is 17.2 Å². The first-order chi connectivity index (χ1) is 10.00. The molecule has 0 aromatic carbocycles. The average molecular weight is 294 g/mol. The van der Waals surface area contributed by atoms with Crippen molar-refractivity contribution in [2.24, 2.45) is 5.41 Å². The number of likely N-dealkylation sites (tertiary alicyclic amines) is 1. The fourth-order valence-electron chi connectivity index (χ4n) is 2.55. The number of carbonyl (C=O) groups excluding carboxylic acids is 1. The zero-order chi connectivity index (χ0) is 15.3. The second kappa shape index (κ2) is 6.93. The van der Waals surface area contributed by atoms with Crippen molar-refractivity contribution in [3.63, 3.8) is 0 Å². The van der Waals surface area contributed by atoms with Gasteiger partial charge in [0, 0.05) is 32.5 Å². The van der Waals surface area contributed by atoms with Crippen molar-refractivity contribution in [2.75, 3.05) is 32.1 Å². The van der Waals surface area contributed by atoms with Gasteiger partial charge in [-0.2, -0.15) is 5.10 Å². The lowest BCUT2D eigenvalue weighted by Crippen LogP contribution is -2.36. The van der Waals surface area contributed by atoms with E-state index in [2.05, 4.69) is 24.3 Å². The number of ether oxygens (including phenoxy) is 1. The molecule has 118 valence electrons. The molecule has 1 aliphatic heterocycles. The molecular weight excluding hydrogens is 268 g/mol. The van der Waals surface area contributed by atoms with E-state index in [1.54, 1.807) is 11.8 Å². The van der Waals surface area contributed by atoms with Crippen LogP contribution < -0.4 is 5.32 Å². The van der Waals surface area contributed by atoms with Gasteiger partial charge >= 0.3 is 6.03 Å². The number of urea groups is 1. The fraction of sp³-hybridized carbons (Fsp3) is 0.733. The molecule has 1 aliphatic rings. The van der Waals surface area contributed by atoms with Crippen molar-refractivity contribution in [1.82, 2.24) is 14.7 Å². The van der Waals surface area contributed by atoms with Gasteiger partial charge in [-0.05, 0) is 24.7 Å². The number of hydrogen-bond acceptors (Lipinski definition) is 3. The molecule has 0 bridgehead atoms. The molecule has 6 nitrogen and oxygen atoms in total. The van der Waals surface area contributed by atoms with Crippen molar-refractivity contribution in [1.29, 1.82) is 0 Å². The maximum absolute atomic E-state index is 12.3. The molecule has 1 fully saturated rings. The van der Waals surface area contributed by atoms with Crippen molar-refractivity contribution in [3.8, 4) is 0 Å². The van der Waals surface area contributed by atoms with Crippen LogP contribution in [0.4, 0.5) is 10.6 Å². The highest BCUT2D eigenvalue weighted by atomic mass is 16.5. The molecule has 0 aliphatic carbocycles. The van der Waals surface area contributed by atoms with E-state index in [0.29, 0.717) is 24.4 Å². The van der Waals surface area contributed by atoms with Crippen LogP contribution >= 0.6 is 0 Å². The van der Waals surface area contributed by atoms with Gasteiger partial charge in [0.1, 0.15) is 0 Å². The van der Waals surface area contributed by atoms with Crippen LogP contribution in [0.15, 0.2) is 12.3 Å². The highest BCUT2D eigenvalue weighted by Gasteiger charge is 2.25. The largest absolute Gasteiger partial charge is 0.383 e. The molecule has 1 saturated heterocycles. The number of nitrogens with one attached hydrogen (secondary N) is 1. The third-order valence-corrected chi connectivity index (χ3v) is 4.03. The molecule has 2 heterocycles. The Morgan fingerprint density at radius 2 is 2.24 bits per heavy atom. The monoisotopic (exact) mass is 294 g/mol. The summed E-state index contributed by atoms with van der Waals surface area (Å²) in [6.07, 6.45) is 5.12. The number of hydrogen-bond donors (Lipinski definition) is 1. The summed E-state index contributed by atoms with van der Waals surface area (Å²) in [5, 5.41) is 7.19. The first kappa shape index (κ1) is 15.8. The molecule has 21 heavy (non-hydrogen) atoms. The number of rotatable bonds is 4. The van der Waals surface area contributed by atoms with Gasteiger partial charge in [-0.25, -0.2) is 4.79 Å². The quantitative estimate of drug-likeness (QED) is 0.928. The van der Waals surface area contributed by atoms with Crippen molar-refractivity contribution >= 4 is 11.8 Å². The average Bonchev–Trinajstić information content (AvgIpc) is 2.78. The maximum atomic E-state index is 12.3. The van der Waals surface area contributed by atoms with Gasteiger partial charge in [0.15, 0.2) is 5.82 Å². The summed E-state index contributed by atoms with van der Waals surface area (Å²) < 4.78 is 6.78. The van der Waals surface area contributed by atoms with E-state index >= 15 is 0 Å². The highest BCUT2D eigenvalue weighted by Crippen LogP contribution is 2.29. The first-order valence-corrected chi connectivity index (χ1v) is 7.58. The number of anilines is 1. The molecule has 0 spiro atoms. The van der Waals surface area contributed by atoms with Crippen molar-refractivity contribution in [2.45, 2.75) is 39.7 Å². The molecular formula is C15H26N4O2. The fourth-order valence-corrected chi connectivity index (χ4v) is 2.55. The number of methoxy groups -OCH3 is 1. The zero-order valence-corrected chi connectivity index (χ0v) is 13.3. The third kappa shape index (κ3) is 4.74. The summed E-state index contributed by atoms with van der Waals surface area (Å²) in [6.45, 7) is 7.46. The molecule has 0 radical (unpaired) electrons. The van der Waals surface area contributed by atoms with E-state index in [9.17, 15) is 4.79 Å². The number of amides is 2. The number of carbonyl (C=O) groups is 1. The van der Waals surface area contributed by atoms with Gasteiger partial charge in [0.05, 0.1) is 13.2 Å². The van der Waals surface area contributed by atoms with Gasteiger partial charge in [0.25, 0.3) is 0 Å². The van der Waals surface area contributed by atoms with E-state index in [-0.39, 0.29) is 6.03 Å². The van der Waals surface area contributed by atoms with Crippen molar-refractivity contribution < 1.29 is 9.53 Å². The predicted molar refractivity (Wildman–Crippen MR) is 82.3 cm³/mol. The van der Waals surface area contributed by atoms with E-state index in [1.165, 1.54) is 6.42 Å². The summed E-state index contributed by atoms with van der Waals surface area (Å²) in [5.74, 6) is 0.597. The van der Waals surface area contributed by atoms with Crippen LogP contribution in [0.2, 0.25) is 0 Å². The maximum Gasteiger partial charge on any atom is 0.323 e. The van der Waals surface area contributed by atoms with E-state index in [4.69, 9.17) is 4.74 Å².